The van der Waals surface area contributed by atoms with Gasteiger partial charge in [-0.15, -0.1) is 5.10 Å². The van der Waals surface area contributed by atoms with E-state index in [1.807, 2.05) is 18.2 Å². The molecule has 0 aliphatic rings. The average Bonchev–Trinajstić information content (AvgIpc) is 3.16. The van der Waals surface area contributed by atoms with Crippen LogP contribution in [0.15, 0.2) is 60.8 Å². The summed E-state index contributed by atoms with van der Waals surface area (Å²) in [5.41, 5.74) is 2.07. The summed E-state index contributed by atoms with van der Waals surface area (Å²) in [6.45, 7) is 0.512. The molecular weight excluding hydrogens is 425 g/mol. The summed E-state index contributed by atoms with van der Waals surface area (Å²) in [5.74, 6) is 1.49. The van der Waals surface area contributed by atoms with Gasteiger partial charge in [-0.3, -0.25) is 4.79 Å². The van der Waals surface area contributed by atoms with Crippen LogP contribution in [0.2, 0.25) is 10.0 Å². The van der Waals surface area contributed by atoms with E-state index in [1.54, 1.807) is 54.2 Å². The highest BCUT2D eigenvalue weighted by atomic mass is 35.5. The van der Waals surface area contributed by atoms with Gasteiger partial charge in [0.2, 0.25) is 0 Å². The van der Waals surface area contributed by atoms with Crippen LogP contribution in [0.25, 0.3) is 5.65 Å². The summed E-state index contributed by atoms with van der Waals surface area (Å²) in [4.78, 5) is 16.8. The average molecular weight is 442 g/mol. The standard InChI is InChI=1S/C21H17Cl2N5O2/c1-30-15-5-3-14(4-6-15)21(29)26-20-12-25-19-9-8-18(27-28(19)20)24-11-13-2-7-16(22)17(23)10-13/h2-10,12H,11H2,1H3,(H,24,27)(H,26,29). The number of hydrogen-bond donors (Lipinski definition) is 2. The number of aromatic nitrogens is 3. The molecule has 0 atom stereocenters. The number of carbonyl (C=O) groups is 1. The molecule has 0 radical (unpaired) electrons. The molecule has 7 nitrogen and oxygen atoms in total. The Morgan fingerprint density at radius 2 is 1.87 bits per heavy atom. The van der Waals surface area contributed by atoms with E-state index < -0.39 is 0 Å². The molecule has 30 heavy (non-hydrogen) atoms. The molecule has 2 heterocycles. The molecule has 1 amide bonds. The maximum Gasteiger partial charge on any atom is 0.256 e. The van der Waals surface area contributed by atoms with Gasteiger partial charge in [0, 0.05) is 12.1 Å². The first-order chi connectivity index (χ1) is 14.5. The molecule has 0 unspecified atom stereocenters. The molecule has 2 N–H and O–H groups in total. The molecule has 0 aliphatic heterocycles. The van der Waals surface area contributed by atoms with Crippen molar-refractivity contribution in [1.82, 2.24) is 14.6 Å². The number of amides is 1. The number of rotatable bonds is 6. The van der Waals surface area contributed by atoms with E-state index in [4.69, 9.17) is 27.9 Å². The van der Waals surface area contributed by atoms with Crippen molar-refractivity contribution < 1.29 is 9.53 Å². The highest BCUT2D eigenvalue weighted by Gasteiger charge is 2.11. The number of imidazole rings is 1. The number of halogens is 2. The Morgan fingerprint density at radius 3 is 2.60 bits per heavy atom. The SMILES string of the molecule is COc1ccc(C(=O)Nc2cnc3ccc(NCc4ccc(Cl)c(Cl)c4)nn23)cc1. The first-order valence-corrected chi connectivity index (χ1v) is 9.77. The third-order valence-electron chi connectivity index (χ3n) is 4.41. The minimum atomic E-state index is -0.268. The zero-order valence-corrected chi connectivity index (χ0v) is 17.4. The predicted molar refractivity (Wildman–Crippen MR) is 118 cm³/mol. The van der Waals surface area contributed by atoms with E-state index >= 15 is 0 Å². The number of hydrogen-bond acceptors (Lipinski definition) is 5. The molecule has 0 aliphatic carbocycles. The summed E-state index contributed by atoms with van der Waals surface area (Å²) >= 11 is 12.0. The second-order valence-corrected chi connectivity index (χ2v) is 7.23. The van der Waals surface area contributed by atoms with Gasteiger partial charge in [-0.2, -0.15) is 4.52 Å². The second-order valence-electron chi connectivity index (χ2n) is 6.42. The van der Waals surface area contributed by atoms with Crippen LogP contribution < -0.4 is 15.4 Å². The fraction of sp³-hybridized carbons (Fsp3) is 0.0952. The molecule has 0 fully saturated rings. The number of nitrogens with one attached hydrogen (secondary N) is 2. The third kappa shape index (κ3) is 4.32. The Kier molecular flexibility index (Phi) is 5.74. The van der Waals surface area contributed by atoms with Crippen LogP contribution in [-0.2, 0) is 6.54 Å². The zero-order chi connectivity index (χ0) is 21.1. The Hall–Kier alpha value is -3.29. The Labute approximate surface area is 182 Å². The van der Waals surface area contributed by atoms with Crippen LogP contribution >= 0.6 is 23.2 Å². The van der Waals surface area contributed by atoms with E-state index in [0.29, 0.717) is 45.2 Å². The number of methoxy groups -OCH3 is 1. The van der Waals surface area contributed by atoms with E-state index in [2.05, 4.69) is 20.7 Å². The van der Waals surface area contributed by atoms with Gasteiger partial charge in [-0.05, 0) is 54.1 Å². The van der Waals surface area contributed by atoms with Crippen molar-refractivity contribution in [3.63, 3.8) is 0 Å². The summed E-state index contributed by atoms with van der Waals surface area (Å²) in [6.07, 6.45) is 1.56. The van der Waals surface area contributed by atoms with Crippen LogP contribution in [0.4, 0.5) is 11.6 Å². The lowest BCUT2D eigenvalue weighted by Gasteiger charge is -2.09. The maximum atomic E-state index is 12.6. The Morgan fingerprint density at radius 1 is 1.07 bits per heavy atom. The van der Waals surface area contributed by atoms with Crippen molar-refractivity contribution in [2.24, 2.45) is 0 Å². The molecule has 9 heteroatoms. The van der Waals surface area contributed by atoms with Gasteiger partial charge in [0.1, 0.15) is 11.6 Å². The van der Waals surface area contributed by atoms with Crippen molar-refractivity contribution in [2.75, 3.05) is 17.7 Å². The van der Waals surface area contributed by atoms with Gasteiger partial charge in [-0.1, -0.05) is 29.3 Å². The topological polar surface area (TPSA) is 80.5 Å². The normalized spacial score (nSPS) is 10.8. The molecule has 0 saturated heterocycles. The second kappa shape index (κ2) is 8.61. The van der Waals surface area contributed by atoms with E-state index in [-0.39, 0.29) is 5.91 Å². The van der Waals surface area contributed by atoms with Gasteiger partial charge in [0.15, 0.2) is 11.5 Å². The fourth-order valence-electron chi connectivity index (χ4n) is 2.83. The number of benzene rings is 2. The lowest BCUT2D eigenvalue weighted by atomic mass is 10.2. The van der Waals surface area contributed by atoms with Crippen LogP contribution in [0, 0.1) is 0 Å². The number of nitrogens with zero attached hydrogens (tertiary/aromatic N) is 3. The van der Waals surface area contributed by atoms with E-state index in [1.165, 1.54) is 0 Å². The number of ether oxygens (including phenoxy) is 1. The molecule has 2 aromatic heterocycles. The molecular formula is C21H17Cl2N5O2. The Bertz CT molecular complexity index is 1210. The number of fused-ring (bicyclic) bond motifs is 1. The molecule has 4 rings (SSSR count). The van der Waals surface area contributed by atoms with Crippen molar-refractivity contribution in [1.29, 1.82) is 0 Å². The first kappa shape index (κ1) is 20.0. The van der Waals surface area contributed by atoms with Gasteiger partial charge in [0.25, 0.3) is 5.91 Å². The summed E-state index contributed by atoms with van der Waals surface area (Å²) in [6, 6.07) is 15.9. The van der Waals surface area contributed by atoms with Crippen LogP contribution in [-0.4, -0.2) is 27.6 Å². The summed E-state index contributed by atoms with van der Waals surface area (Å²) in [7, 11) is 1.58. The largest absolute Gasteiger partial charge is 0.497 e. The fourth-order valence-corrected chi connectivity index (χ4v) is 3.15. The predicted octanol–water partition coefficient (Wildman–Crippen LogP) is 4.91. The minimum Gasteiger partial charge on any atom is -0.497 e. The lowest BCUT2D eigenvalue weighted by Crippen LogP contribution is -2.14. The minimum absolute atomic E-state index is 0.268. The van der Waals surface area contributed by atoms with Gasteiger partial charge in [0.05, 0.1) is 23.4 Å². The van der Waals surface area contributed by atoms with Gasteiger partial charge in [-0.25, -0.2) is 4.98 Å². The third-order valence-corrected chi connectivity index (χ3v) is 5.15. The number of carbonyl (C=O) groups excluding carboxylic acids is 1. The molecule has 0 saturated carbocycles. The quantitative estimate of drug-likeness (QED) is 0.444. The molecule has 4 aromatic rings. The summed E-state index contributed by atoms with van der Waals surface area (Å²) in [5, 5.41) is 11.6. The molecule has 2 aromatic carbocycles. The van der Waals surface area contributed by atoms with E-state index in [0.717, 1.165) is 5.56 Å². The van der Waals surface area contributed by atoms with Crippen LogP contribution in [0.5, 0.6) is 5.75 Å². The van der Waals surface area contributed by atoms with Gasteiger partial charge < -0.3 is 15.4 Å². The van der Waals surface area contributed by atoms with Crippen molar-refractivity contribution in [3.05, 3.63) is 82.0 Å². The monoisotopic (exact) mass is 441 g/mol. The smallest absolute Gasteiger partial charge is 0.256 e. The lowest BCUT2D eigenvalue weighted by molar-refractivity contribution is 0.102. The van der Waals surface area contributed by atoms with Crippen molar-refractivity contribution in [2.45, 2.75) is 6.54 Å². The van der Waals surface area contributed by atoms with Crippen molar-refractivity contribution >= 4 is 46.4 Å². The maximum absolute atomic E-state index is 12.6. The highest BCUT2D eigenvalue weighted by molar-refractivity contribution is 6.42. The molecule has 152 valence electrons. The zero-order valence-electron chi connectivity index (χ0n) is 15.9. The Balaban J connectivity index is 1.50. The van der Waals surface area contributed by atoms with Crippen molar-refractivity contribution in [3.8, 4) is 5.75 Å². The molecule has 0 bridgehead atoms. The molecule has 0 spiro atoms. The van der Waals surface area contributed by atoms with Crippen LogP contribution in [0.1, 0.15) is 15.9 Å². The van der Waals surface area contributed by atoms with Crippen LogP contribution in [0.3, 0.4) is 0 Å². The van der Waals surface area contributed by atoms with Gasteiger partial charge >= 0.3 is 0 Å². The number of anilines is 2. The summed E-state index contributed by atoms with van der Waals surface area (Å²) < 4.78 is 6.68. The van der Waals surface area contributed by atoms with E-state index in [9.17, 15) is 4.79 Å². The first-order valence-electron chi connectivity index (χ1n) is 9.01. The highest BCUT2D eigenvalue weighted by Crippen LogP contribution is 2.23.